The van der Waals surface area contributed by atoms with Gasteiger partial charge in [0.05, 0.1) is 28.1 Å². The van der Waals surface area contributed by atoms with Gasteiger partial charge >= 0.3 is 5.69 Å². The van der Waals surface area contributed by atoms with Gasteiger partial charge in [-0.25, -0.2) is 23.1 Å². The van der Waals surface area contributed by atoms with E-state index in [1.807, 2.05) is 62.7 Å². The largest absolute Gasteiger partial charge is 0.372 e. The molecule has 1 aliphatic heterocycles. The van der Waals surface area contributed by atoms with Crippen LogP contribution in [0.1, 0.15) is 50.6 Å². The molecule has 1 saturated heterocycles. The fourth-order valence-electron chi connectivity index (χ4n) is 6.28. The highest BCUT2D eigenvalue weighted by atomic mass is 19.1. The second-order valence-corrected chi connectivity index (χ2v) is 12.7. The minimum Gasteiger partial charge on any atom is -0.372 e. The Bertz CT molecular complexity index is 2050. The summed E-state index contributed by atoms with van der Waals surface area (Å²) in [5.74, 6) is 0.877. The van der Waals surface area contributed by atoms with E-state index in [0.29, 0.717) is 31.7 Å². The third kappa shape index (κ3) is 7.34. The van der Waals surface area contributed by atoms with Crippen molar-refractivity contribution in [3.8, 4) is 18.0 Å². The number of allylic oxidation sites excluding steroid dienone is 4. The van der Waals surface area contributed by atoms with Crippen LogP contribution in [0.3, 0.4) is 0 Å². The number of hydrogen-bond donors (Lipinski definition) is 1. The van der Waals surface area contributed by atoms with Gasteiger partial charge in [-0.3, -0.25) is 9.89 Å². The van der Waals surface area contributed by atoms with E-state index in [0.717, 1.165) is 23.0 Å². The first-order chi connectivity index (χ1) is 23.9. The number of pyridine rings is 1. The maximum absolute atomic E-state index is 16.0. The maximum Gasteiger partial charge on any atom is 0.355 e. The van der Waals surface area contributed by atoms with Gasteiger partial charge in [0, 0.05) is 57.8 Å². The van der Waals surface area contributed by atoms with Crippen molar-refractivity contribution in [1.29, 1.82) is 0 Å². The molecular formula is C37H41F2N9O2. The fourth-order valence-corrected chi connectivity index (χ4v) is 6.28. The van der Waals surface area contributed by atoms with Crippen molar-refractivity contribution < 1.29 is 13.6 Å². The van der Waals surface area contributed by atoms with Gasteiger partial charge in [-0.05, 0) is 55.7 Å². The van der Waals surface area contributed by atoms with Gasteiger partial charge in [-0.15, -0.1) is 11.5 Å². The van der Waals surface area contributed by atoms with Crippen LogP contribution < -0.4 is 15.5 Å². The SMILES string of the molecule is C#C/C=C\C=C(\F)Cc1nc2c(cc1F)c(N1C[C@@H](C)N(C(=O)C=C)C[C@@H]1C)nc(=O)n2-c1c(C(C)C)cccc1N(C)CCc1c[nH]nn1. The zero-order valence-corrected chi connectivity index (χ0v) is 28.9. The summed E-state index contributed by atoms with van der Waals surface area (Å²) in [4.78, 5) is 41.9. The van der Waals surface area contributed by atoms with Crippen LogP contribution in [0.5, 0.6) is 0 Å². The molecule has 0 aliphatic carbocycles. The summed E-state index contributed by atoms with van der Waals surface area (Å²) < 4.78 is 32.4. The van der Waals surface area contributed by atoms with E-state index in [1.54, 1.807) is 11.1 Å². The molecular weight excluding hydrogens is 640 g/mol. The number of carbonyl (C=O) groups excluding carboxylic acids is 1. The first-order valence-corrected chi connectivity index (χ1v) is 16.4. The van der Waals surface area contributed by atoms with Crippen molar-refractivity contribution in [3.63, 3.8) is 0 Å². The molecule has 1 aliphatic rings. The molecule has 0 bridgehead atoms. The van der Waals surface area contributed by atoms with E-state index in [4.69, 9.17) is 6.42 Å². The number of benzene rings is 1. The predicted molar refractivity (Wildman–Crippen MR) is 192 cm³/mol. The fraction of sp³-hybridized carbons (Fsp3) is 0.351. The predicted octanol–water partition coefficient (Wildman–Crippen LogP) is 5.04. The van der Waals surface area contributed by atoms with Gasteiger partial charge < -0.3 is 14.7 Å². The molecule has 4 aromatic rings. The number of aromatic amines is 1. The molecule has 1 aromatic carbocycles. The second kappa shape index (κ2) is 15.3. The number of aromatic nitrogens is 6. The number of amides is 1. The topological polar surface area (TPSA) is 116 Å². The number of H-pyrrole nitrogens is 1. The zero-order chi connectivity index (χ0) is 36.1. The average molecular weight is 682 g/mol. The molecule has 0 saturated carbocycles. The minimum atomic E-state index is -0.751. The van der Waals surface area contributed by atoms with E-state index >= 15 is 8.78 Å². The third-order valence-corrected chi connectivity index (χ3v) is 8.87. The lowest BCUT2D eigenvalue weighted by atomic mass is 9.99. The van der Waals surface area contributed by atoms with Crippen LogP contribution >= 0.6 is 0 Å². The Balaban J connectivity index is 1.75. The monoisotopic (exact) mass is 681 g/mol. The number of terminal acetylenes is 1. The maximum atomic E-state index is 16.0. The Morgan fingerprint density at radius 2 is 2.02 bits per heavy atom. The Hall–Kier alpha value is -5.64. The van der Waals surface area contributed by atoms with Crippen LogP contribution in [-0.2, 0) is 17.6 Å². The Labute approximate surface area is 290 Å². The number of anilines is 2. The second-order valence-electron chi connectivity index (χ2n) is 12.7. The Morgan fingerprint density at radius 1 is 1.24 bits per heavy atom. The highest BCUT2D eigenvalue weighted by Gasteiger charge is 2.34. The molecule has 0 radical (unpaired) electrons. The lowest BCUT2D eigenvalue weighted by Crippen LogP contribution is -2.58. The van der Waals surface area contributed by atoms with Crippen molar-refractivity contribution in [1.82, 2.24) is 34.8 Å². The summed E-state index contributed by atoms with van der Waals surface area (Å²) in [6.07, 6.45) is 12.2. The summed E-state index contributed by atoms with van der Waals surface area (Å²) in [5, 5.41) is 10.9. The number of carbonyl (C=O) groups is 1. The van der Waals surface area contributed by atoms with Crippen LogP contribution in [0.15, 0.2) is 72.0 Å². The van der Waals surface area contributed by atoms with Crippen LogP contribution in [-0.4, -0.2) is 79.5 Å². The summed E-state index contributed by atoms with van der Waals surface area (Å²) in [6.45, 7) is 12.7. The first-order valence-electron chi connectivity index (χ1n) is 16.4. The number of fused-ring (bicyclic) bond motifs is 1. The summed E-state index contributed by atoms with van der Waals surface area (Å²) in [7, 11) is 1.91. The van der Waals surface area contributed by atoms with Crippen LogP contribution in [0.4, 0.5) is 20.3 Å². The minimum absolute atomic E-state index is 0.0323. The quantitative estimate of drug-likeness (QED) is 0.133. The van der Waals surface area contributed by atoms with Crippen molar-refractivity contribution >= 4 is 28.4 Å². The highest BCUT2D eigenvalue weighted by molar-refractivity contribution is 5.91. The van der Waals surface area contributed by atoms with Crippen LogP contribution in [0.25, 0.3) is 16.7 Å². The molecule has 2 atom stereocenters. The molecule has 1 fully saturated rings. The molecule has 1 N–H and O–H groups in total. The van der Waals surface area contributed by atoms with Crippen molar-refractivity contribution in [2.24, 2.45) is 0 Å². The van der Waals surface area contributed by atoms with E-state index in [2.05, 4.69) is 37.9 Å². The summed E-state index contributed by atoms with van der Waals surface area (Å²) >= 11 is 0. The Kier molecular flexibility index (Phi) is 10.9. The molecule has 11 nitrogen and oxygen atoms in total. The molecule has 50 heavy (non-hydrogen) atoms. The smallest absolute Gasteiger partial charge is 0.355 e. The van der Waals surface area contributed by atoms with Crippen molar-refractivity contribution in [2.45, 2.75) is 58.5 Å². The lowest BCUT2D eigenvalue weighted by Gasteiger charge is -2.44. The number of piperazine rings is 1. The van der Waals surface area contributed by atoms with Crippen LogP contribution in [0.2, 0.25) is 0 Å². The summed E-state index contributed by atoms with van der Waals surface area (Å²) in [5.41, 5.74) is 2.19. The van der Waals surface area contributed by atoms with E-state index in [9.17, 15) is 9.59 Å². The average Bonchev–Trinajstić information content (AvgIpc) is 3.62. The number of para-hydroxylation sites is 1. The lowest BCUT2D eigenvalue weighted by molar-refractivity contribution is -0.128. The van der Waals surface area contributed by atoms with Gasteiger partial charge in [-0.1, -0.05) is 49.8 Å². The number of nitrogens with one attached hydrogen (secondary N) is 1. The van der Waals surface area contributed by atoms with Gasteiger partial charge in [0.25, 0.3) is 0 Å². The van der Waals surface area contributed by atoms with E-state index in [-0.39, 0.29) is 46.5 Å². The number of halogens is 2. The third-order valence-electron chi connectivity index (χ3n) is 8.87. The van der Waals surface area contributed by atoms with E-state index in [1.165, 1.54) is 28.9 Å². The highest BCUT2D eigenvalue weighted by Crippen LogP contribution is 2.36. The number of hydrogen-bond acceptors (Lipinski definition) is 8. The molecule has 1 amide bonds. The number of likely N-dealkylation sites (N-methyl/N-ethyl adjacent to an activating group) is 1. The normalized spacial score (nSPS) is 16.7. The number of rotatable bonds is 11. The molecule has 5 rings (SSSR count). The standard InChI is InChI=1S/C37H41F2N9O2/c1-8-10-11-13-26(38)18-31-30(39)19-29-35(47-22-24(5)46(21-25(47)6)33(49)9-2)42-37(50)48(36(29)41-31)34-28(23(3)4)14-12-15-32(34)45(7)17-16-27-20-40-44-43-27/h1,9-15,19-20,23-25H,2,16-18,21-22H2,3-7H3,(H,40,43,44)/b11-10-,26-13+/t24-,25+/m1/s1. The molecule has 4 heterocycles. The van der Waals surface area contributed by atoms with Gasteiger partial charge in [0.1, 0.15) is 17.5 Å². The molecule has 13 heteroatoms. The van der Waals surface area contributed by atoms with Gasteiger partial charge in [0.15, 0.2) is 5.65 Å². The Morgan fingerprint density at radius 3 is 2.70 bits per heavy atom. The first kappa shape index (κ1) is 35.7. The number of nitrogens with zero attached hydrogens (tertiary/aromatic N) is 8. The van der Waals surface area contributed by atoms with Gasteiger partial charge in [0.2, 0.25) is 5.91 Å². The molecule has 0 unspecified atom stereocenters. The molecule has 3 aromatic heterocycles. The molecule has 260 valence electrons. The van der Waals surface area contributed by atoms with E-state index < -0.39 is 23.8 Å². The molecule has 0 spiro atoms. The summed E-state index contributed by atoms with van der Waals surface area (Å²) in [6, 6.07) is 6.49. The van der Waals surface area contributed by atoms with Crippen molar-refractivity contribution in [2.75, 3.05) is 36.5 Å². The van der Waals surface area contributed by atoms with Crippen molar-refractivity contribution in [3.05, 3.63) is 100 Å². The zero-order valence-electron chi connectivity index (χ0n) is 28.9. The van der Waals surface area contributed by atoms with Gasteiger partial charge in [-0.2, -0.15) is 4.98 Å². The van der Waals surface area contributed by atoms with Crippen LogP contribution in [0, 0.1) is 18.2 Å².